The number of ether oxygens (including phenoxy) is 1. The molecule has 1 amide bonds. The van der Waals surface area contributed by atoms with Crippen molar-refractivity contribution in [3.63, 3.8) is 0 Å². The Morgan fingerprint density at radius 3 is 2.59 bits per heavy atom. The summed E-state index contributed by atoms with van der Waals surface area (Å²) in [7, 11) is 0. The van der Waals surface area contributed by atoms with Crippen LogP contribution in [0.1, 0.15) is 33.3 Å². The van der Waals surface area contributed by atoms with Crippen molar-refractivity contribution < 1.29 is 19.2 Å². The number of nitrogens with zero attached hydrogens (tertiary/aromatic N) is 2. The number of aryl methyl sites for hydroxylation is 2. The maximum absolute atomic E-state index is 12.4. The molecule has 10 heteroatoms. The number of nitro groups is 1. The zero-order valence-electron chi connectivity index (χ0n) is 15.3. The summed E-state index contributed by atoms with van der Waals surface area (Å²) in [6.45, 7) is 6.47. The van der Waals surface area contributed by atoms with Gasteiger partial charge in [0.25, 0.3) is 11.2 Å². The van der Waals surface area contributed by atoms with Crippen LogP contribution in [0.25, 0.3) is 0 Å². The molecule has 2 rings (SSSR count). The third-order valence-corrected chi connectivity index (χ3v) is 5.02. The Labute approximate surface area is 158 Å². The maximum Gasteiger partial charge on any atom is 0.341 e. The number of thiophene rings is 1. The third kappa shape index (κ3) is 4.40. The average molecular weight is 393 g/mol. The van der Waals surface area contributed by atoms with Crippen LogP contribution in [0, 0.1) is 30.9 Å². The summed E-state index contributed by atoms with van der Waals surface area (Å²) >= 11 is 1.22. The van der Waals surface area contributed by atoms with E-state index >= 15 is 0 Å². The first-order chi connectivity index (χ1) is 12.6. The molecule has 0 spiro atoms. The smallest absolute Gasteiger partial charge is 0.341 e. The largest absolute Gasteiger partial charge is 0.462 e. The summed E-state index contributed by atoms with van der Waals surface area (Å²) in [5, 5.41) is 13.9. The fourth-order valence-corrected chi connectivity index (χ4v) is 3.53. The topological polar surface area (TPSA) is 121 Å². The van der Waals surface area contributed by atoms with Crippen LogP contribution in [0.4, 0.5) is 10.7 Å². The molecule has 0 aromatic carbocycles. The highest BCUT2D eigenvalue weighted by molar-refractivity contribution is 7.16. The Morgan fingerprint density at radius 2 is 2.00 bits per heavy atom. The lowest BCUT2D eigenvalue weighted by atomic mass is 10.1. The maximum atomic E-state index is 12.4. The van der Waals surface area contributed by atoms with E-state index in [2.05, 4.69) is 5.32 Å². The Morgan fingerprint density at radius 1 is 1.33 bits per heavy atom. The Balaban J connectivity index is 2.30. The van der Waals surface area contributed by atoms with Crippen LogP contribution >= 0.6 is 11.3 Å². The number of nitrogens with one attached hydrogen (secondary N) is 1. The fourth-order valence-electron chi connectivity index (χ4n) is 2.47. The molecular weight excluding hydrogens is 374 g/mol. The number of hydrogen-bond donors (Lipinski definition) is 1. The van der Waals surface area contributed by atoms with E-state index in [9.17, 15) is 24.5 Å². The molecule has 1 N–H and O–H groups in total. The van der Waals surface area contributed by atoms with Crippen LogP contribution in [0.15, 0.2) is 17.1 Å². The van der Waals surface area contributed by atoms with E-state index in [1.54, 1.807) is 13.8 Å². The minimum absolute atomic E-state index is 0.159. The summed E-state index contributed by atoms with van der Waals surface area (Å²) in [4.78, 5) is 47.9. The van der Waals surface area contributed by atoms with Crippen molar-refractivity contribution in [2.45, 2.75) is 34.2 Å². The lowest BCUT2D eigenvalue weighted by Crippen LogP contribution is -2.29. The summed E-state index contributed by atoms with van der Waals surface area (Å²) < 4.78 is 6.00. The SMILES string of the molecule is CCOC(=O)c1c(NC(=O)Cn2cc([N+](=O)[O-])cc(C)c2=O)sc(C)c1C. The molecule has 27 heavy (non-hydrogen) atoms. The Kier molecular flexibility index (Phi) is 6.11. The minimum atomic E-state index is -0.633. The Bertz CT molecular complexity index is 976. The molecule has 0 saturated carbocycles. The van der Waals surface area contributed by atoms with Gasteiger partial charge >= 0.3 is 5.97 Å². The molecule has 0 unspecified atom stereocenters. The summed E-state index contributed by atoms with van der Waals surface area (Å²) in [6.07, 6.45) is 1.02. The second kappa shape index (κ2) is 8.12. The molecule has 0 saturated heterocycles. The molecule has 2 aromatic rings. The van der Waals surface area contributed by atoms with Crippen molar-refractivity contribution in [1.82, 2.24) is 4.57 Å². The molecule has 0 fully saturated rings. The van der Waals surface area contributed by atoms with Crippen molar-refractivity contribution in [2.24, 2.45) is 0 Å². The monoisotopic (exact) mass is 393 g/mol. The van der Waals surface area contributed by atoms with Crippen LogP contribution in [-0.4, -0.2) is 28.0 Å². The van der Waals surface area contributed by atoms with Gasteiger partial charge in [0, 0.05) is 16.5 Å². The first-order valence-electron chi connectivity index (χ1n) is 8.08. The molecule has 144 valence electrons. The van der Waals surface area contributed by atoms with Gasteiger partial charge in [-0.2, -0.15) is 0 Å². The van der Waals surface area contributed by atoms with Gasteiger partial charge in [-0.25, -0.2) is 4.79 Å². The number of aromatic nitrogens is 1. The van der Waals surface area contributed by atoms with Gasteiger partial charge in [-0.05, 0) is 33.3 Å². The first-order valence-corrected chi connectivity index (χ1v) is 8.89. The number of pyridine rings is 1. The minimum Gasteiger partial charge on any atom is -0.462 e. The van der Waals surface area contributed by atoms with Gasteiger partial charge < -0.3 is 10.1 Å². The molecule has 2 heterocycles. The molecule has 0 radical (unpaired) electrons. The normalized spacial score (nSPS) is 10.5. The van der Waals surface area contributed by atoms with Gasteiger partial charge in [0.2, 0.25) is 5.91 Å². The zero-order chi connectivity index (χ0) is 20.3. The van der Waals surface area contributed by atoms with Crippen molar-refractivity contribution in [2.75, 3.05) is 11.9 Å². The predicted molar refractivity (Wildman–Crippen MR) is 100 cm³/mol. The summed E-state index contributed by atoms with van der Waals surface area (Å²) in [6, 6.07) is 1.15. The number of hydrogen-bond acceptors (Lipinski definition) is 7. The van der Waals surface area contributed by atoms with Crippen LogP contribution in [0.5, 0.6) is 0 Å². The van der Waals surface area contributed by atoms with Crippen LogP contribution < -0.4 is 10.9 Å². The second-order valence-electron chi connectivity index (χ2n) is 5.83. The molecule has 9 nitrogen and oxygen atoms in total. The van der Waals surface area contributed by atoms with Gasteiger partial charge in [0.1, 0.15) is 11.5 Å². The fraction of sp³-hybridized carbons (Fsp3) is 0.353. The van der Waals surface area contributed by atoms with Crippen molar-refractivity contribution in [3.05, 3.63) is 54.3 Å². The average Bonchev–Trinajstić information content (AvgIpc) is 2.85. The highest BCUT2D eigenvalue weighted by Gasteiger charge is 2.22. The quantitative estimate of drug-likeness (QED) is 0.457. The number of anilines is 1. The van der Waals surface area contributed by atoms with Crippen LogP contribution in [0.2, 0.25) is 0 Å². The molecular formula is C17H19N3O6S. The molecule has 0 atom stereocenters. The van der Waals surface area contributed by atoms with E-state index in [0.717, 1.165) is 21.7 Å². The number of amides is 1. The van der Waals surface area contributed by atoms with Gasteiger partial charge in [-0.1, -0.05) is 0 Å². The number of carbonyl (C=O) groups excluding carboxylic acids is 2. The van der Waals surface area contributed by atoms with Crippen molar-refractivity contribution >= 4 is 33.9 Å². The van der Waals surface area contributed by atoms with Gasteiger partial charge in [-0.3, -0.25) is 24.3 Å². The van der Waals surface area contributed by atoms with E-state index in [-0.39, 0.29) is 23.4 Å². The lowest BCUT2D eigenvalue weighted by Gasteiger charge is -2.09. The second-order valence-corrected chi connectivity index (χ2v) is 7.05. The van der Waals surface area contributed by atoms with E-state index in [4.69, 9.17) is 4.74 Å². The van der Waals surface area contributed by atoms with Crippen LogP contribution in [0.3, 0.4) is 0 Å². The van der Waals surface area contributed by atoms with Crippen molar-refractivity contribution in [1.29, 1.82) is 0 Å². The highest BCUT2D eigenvalue weighted by atomic mass is 32.1. The zero-order valence-corrected chi connectivity index (χ0v) is 16.1. The molecule has 0 aliphatic carbocycles. The molecule has 0 bridgehead atoms. The van der Waals surface area contributed by atoms with Gasteiger partial charge in [0.15, 0.2) is 0 Å². The summed E-state index contributed by atoms with van der Waals surface area (Å²) in [5.74, 6) is -1.12. The first kappa shape index (κ1) is 20.3. The predicted octanol–water partition coefficient (Wildman–Crippen LogP) is 2.56. The van der Waals surface area contributed by atoms with E-state index < -0.39 is 28.9 Å². The Hall–Kier alpha value is -3.01. The molecule has 0 aliphatic rings. The number of carbonyl (C=O) groups is 2. The van der Waals surface area contributed by atoms with Gasteiger partial charge in [-0.15, -0.1) is 11.3 Å². The van der Waals surface area contributed by atoms with E-state index in [1.165, 1.54) is 18.3 Å². The molecule has 0 aliphatic heterocycles. The van der Waals surface area contributed by atoms with Crippen LogP contribution in [-0.2, 0) is 16.1 Å². The standard InChI is InChI=1S/C17H19N3O6S/c1-5-26-17(23)14-10(3)11(4)27-15(14)18-13(21)8-19-7-12(20(24)25)6-9(2)16(19)22/h6-7H,5,8H2,1-4H3,(H,18,21). The van der Waals surface area contributed by atoms with E-state index in [0.29, 0.717) is 10.6 Å². The number of rotatable bonds is 6. The third-order valence-electron chi connectivity index (χ3n) is 3.89. The van der Waals surface area contributed by atoms with Crippen molar-refractivity contribution in [3.8, 4) is 0 Å². The summed E-state index contributed by atoms with van der Waals surface area (Å²) in [5.41, 5.74) is 0.356. The molecule has 2 aromatic heterocycles. The van der Waals surface area contributed by atoms with E-state index in [1.807, 2.05) is 6.92 Å². The van der Waals surface area contributed by atoms with Gasteiger partial charge in [0.05, 0.1) is 23.3 Å². The number of esters is 1. The highest BCUT2D eigenvalue weighted by Crippen LogP contribution is 2.33. The lowest BCUT2D eigenvalue weighted by molar-refractivity contribution is -0.385.